The van der Waals surface area contributed by atoms with Crippen LogP contribution in [0.25, 0.3) is 0 Å². The second-order valence-electron chi connectivity index (χ2n) is 6.11. The van der Waals surface area contributed by atoms with Crippen LogP contribution in [0, 0.1) is 5.92 Å². The minimum atomic E-state index is -0.949. The molecule has 23 heavy (non-hydrogen) atoms. The molecule has 1 aromatic carbocycles. The molecule has 0 radical (unpaired) electrons. The Labute approximate surface area is 140 Å². The standard InChI is InChI=1S/C17H26N2O3S/c1-14-5-4-8-19(12-14)17(20)18-16-7-3-6-15(11-16)13-23(21)10-9-22-2/h3,6-7,11,14H,4-5,8-10,12-13H2,1-2H3,(H,18,20)/t14-,23+/m1/s1. The lowest BCUT2D eigenvalue weighted by Gasteiger charge is -2.31. The number of nitrogens with zero attached hydrogens (tertiary/aromatic N) is 1. The lowest BCUT2D eigenvalue weighted by Crippen LogP contribution is -2.41. The Balaban J connectivity index is 1.91. The number of likely N-dealkylation sites (tertiary alicyclic amines) is 1. The summed E-state index contributed by atoms with van der Waals surface area (Å²) in [7, 11) is 0.657. The maximum absolute atomic E-state index is 12.3. The molecule has 5 nitrogen and oxygen atoms in total. The first-order chi connectivity index (χ1) is 11.1. The molecule has 0 saturated carbocycles. The Kier molecular flexibility index (Phi) is 7.05. The van der Waals surface area contributed by atoms with Crippen molar-refractivity contribution in [3.05, 3.63) is 29.8 Å². The fourth-order valence-electron chi connectivity index (χ4n) is 2.75. The number of anilines is 1. The Hall–Kier alpha value is -1.40. The topological polar surface area (TPSA) is 58.6 Å². The first-order valence-corrected chi connectivity index (χ1v) is 9.56. The predicted octanol–water partition coefficient (Wildman–Crippen LogP) is 2.85. The highest BCUT2D eigenvalue weighted by Crippen LogP contribution is 2.18. The number of ether oxygens (including phenoxy) is 1. The predicted molar refractivity (Wildman–Crippen MR) is 94.0 cm³/mol. The Morgan fingerprint density at radius 1 is 1.48 bits per heavy atom. The Morgan fingerprint density at radius 2 is 2.30 bits per heavy atom. The van der Waals surface area contributed by atoms with Crippen LogP contribution in [0.3, 0.4) is 0 Å². The number of rotatable bonds is 6. The molecule has 0 aromatic heterocycles. The SMILES string of the molecule is COCC[S@](=O)Cc1cccc(NC(=O)N2CCC[C@@H](C)C2)c1. The van der Waals surface area contributed by atoms with Crippen molar-refractivity contribution >= 4 is 22.5 Å². The summed E-state index contributed by atoms with van der Waals surface area (Å²) >= 11 is 0. The first kappa shape index (κ1) is 17.9. The van der Waals surface area contributed by atoms with Gasteiger partial charge >= 0.3 is 6.03 Å². The Morgan fingerprint density at radius 3 is 3.04 bits per heavy atom. The van der Waals surface area contributed by atoms with Crippen LogP contribution in [-0.2, 0) is 21.3 Å². The van der Waals surface area contributed by atoms with E-state index in [1.165, 1.54) is 6.42 Å². The maximum Gasteiger partial charge on any atom is 0.321 e. The van der Waals surface area contributed by atoms with Crippen molar-refractivity contribution in [3.8, 4) is 0 Å². The number of amides is 2. The van der Waals surface area contributed by atoms with Gasteiger partial charge in [-0.25, -0.2) is 4.79 Å². The molecule has 2 atom stereocenters. The molecule has 1 saturated heterocycles. The summed E-state index contributed by atoms with van der Waals surface area (Å²) in [5, 5.41) is 2.95. The van der Waals surface area contributed by atoms with Gasteiger partial charge in [-0.15, -0.1) is 0 Å². The molecule has 1 N–H and O–H groups in total. The fraction of sp³-hybridized carbons (Fsp3) is 0.588. The third-order valence-corrected chi connectivity index (χ3v) is 5.24. The molecule has 2 amide bonds. The number of hydrogen-bond acceptors (Lipinski definition) is 3. The number of carbonyl (C=O) groups is 1. The molecule has 128 valence electrons. The molecule has 1 fully saturated rings. The molecule has 0 unspecified atom stereocenters. The van der Waals surface area contributed by atoms with Gasteiger partial charge in [0.15, 0.2) is 0 Å². The van der Waals surface area contributed by atoms with E-state index >= 15 is 0 Å². The van der Waals surface area contributed by atoms with Crippen molar-refractivity contribution in [3.63, 3.8) is 0 Å². The second kappa shape index (κ2) is 9.03. The lowest BCUT2D eigenvalue weighted by atomic mass is 10.0. The van der Waals surface area contributed by atoms with Crippen molar-refractivity contribution in [1.82, 2.24) is 4.90 Å². The van der Waals surface area contributed by atoms with E-state index in [2.05, 4.69) is 12.2 Å². The molecular formula is C17H26N2O3S. The van der Waals surface area contributed by atoms with Gasteiger partial charge in [-0.1, -0.05) is 19.1 Å². The zero-order valence-corrected chi connectivity index (χ0v) is 14.7. The van der Waals surface area contributed by atoms with Gasteiger partial charge in [-0.2, -0.15) is 0 Å². The number of urea groups is 1. The highest BCUT2D eigenvalue weighted by atomic mass is 32.2. The fourth-order valence-corrected chi connectivity index (χ4v) is 3.80. The van der Waals surface area contributed by atoms with E-state index in [1.54, 1.807) is 7.11 Å². The van der Waals surface area contributed by atoms with E-state index < -0.39 is 10.8 Å². The number of hydrogen-bond donors (Lipinski definition) is 1. The van der Waals surface area contributed by atoms with Gasteiger partial charge in [0, 0.05) is 48.2 Å². The van der Waals surface area contributed by atoms with Crippen LogP contribution in [0.15, 0.2) is 24.3 Å². The van der Waals surface area contributed by atoms with Crippen LogP contribution in [0.5, 0.6) is 0 Å². The summed E-state index contributed by atoms with van der Waals surface area (Å²) in [6.07, 6.45) is 2.25. The molecule has 1 aromatic rings. The summed E-state index contributed by atoms with van der Waals surface area (Å²) in [4.78, 5) is 14.2. The van der Waals surface area contributed by atoms with Crippen LogP contribution in [0.2, 0.25) is 0 Å². The monoisotopic (exact) mass is 338 g/mol. The second-order valence-corrected chi connectivity index (χ2v) is 7.68. The molecule has 1 aliphatic rings. The molecule has 1 heterocycles. The van der Waals surface area contributed by atoms with E-state index in [1.807, 2.05) is 29.2 Å². The molecule has 0 spiro atoms. The Bertz CT molecular complexity index is 550. The largest absolute Gasteiger partial charge is 0.384 e. The summed E-state index contributed by atoms with van der Waals surface area (Å²) in [6, 6.07) is 7.54. The normalized spacial score (nSPS) is 19.4. The molecule has 0 bridgehead atoms. The van der Waals surface area contributed by atoms with Crippen molar-refractivity contribution in [2.45, 2.75) is 25.5 Å². The highest BCUT2D eigenvalue weighted by Gasteiger charge is 2.20. The van der Waals surface area contributed by atoms with Crippen LogP contribution in [-0.4, -0.2) is 47.7 Å². The van der Waals surface area contributed by atoms with Crippen molar-refractivity contribution in [2.24, 2.45) is 5.92 Å². The number of piperidine rings is 1. The zero-order chi connectivity index (χ0) is 16.7. The molecule has 0 aliphatic carbocycles. The summed E-state index contributed by atoms with van der Waals surface area (Å²) in [6.45, 7) is 4.30. The number of carbonyl (C=O) groups excluding carboxylic acids is 1. The summed E-state index contributed by atoms with van der Waals surface area (Å²) < 4.78 is 16.9. The van der Waals surface area contributed by atoms with Crippen LogP contribution < -0.4 is 5.32 Å². The third-order valence-electron chi connectivity index (χ3n) is 3.97. The summed E-state index contributed by atoms with van der Waals surface area (Å²) in [5.74, 6) is 1.57. The van der Waals surface area contributed by atoms with Gasteiger partial charge in [0.05, 0.1) is 6.61 Å². The van der Waals surface area contributed by atoms with E-state index in [4.69, 9.17) is 4.74 Å². The van der Waals surface area contributed by atoms with Crippen LogP contribution in [0.4, 0.5) is 10.5 Å². The first-order valence-electron chi connectivity index (χ1n) is 8.07. The van der Waals surface area contributed by atoms with Crippen LogP contribution in [0.1, 0.15) is 25.3 Å². The van der Waals surface area contributed by atoms with Gasteiger partial charge in [0.25, 0.3) is 0 Å². The minimum Gasteiger partial charge on any atom is -0.384 e. The molecule has 6 heteroatoms. The van der Waals surface area contributed by atoms with Gasteiger partial charge in [-0.05, 0) is 36.5 Å². The van der Waals surface area contributed by atoms with Crippen molar-refractivity contribution < 1.29 is 13.7 Å². The maximum atomic E-state index is 12.3. The van der Waals surface area contributed by atoms with Gasteiger partial charge in [-0.3, -0.25) is 4.21 Å². The minimum absolute atomic E-state index is 0.0470. The van der Waals surface area contributed by atoms with Crippen molar-refractivity contribution in [2.75, 3.05) is 37.9 Å². The van der Waals surface area contributed by atoms with Crippen LogP contribution >= 0.6 is 0 Å². The number of nitrogens with one attached hydrogen (secondary N) is 1. The average molecular weight is 338 g/mol. The lowest BCUT2D eigenvalue weighted by molar-refractivity contribution is 0.182. The molecule has 2 rings (SSSR count). The van der Waals surface area contributed by atoms with Gasteiger partial charge in [0.2, 0.25) is 0 Å². The van der Waals surface area contributed by atoms with E-state index in [0.29, 0.717) is 24.0 Å². The number of benzene rings is 1. The highest BCUT2D eigenvalue weighted by molar-refractivity contribution is 7.84. The van der Waals surface area contributed by atoms with Gasteiger partial charge in [0.1, 0.15) is 0 Å². The average Bonchev–Trinajstić information content (AvgIpc) is 2.53. The van der Waals surface area contributed by atoms with E-state index in [9.17, 15) is 9.00 Å². The summed E-state index contributed by atoms with van der Waals surface area (Å²) in [5.41, 5.74) is 1.72. The van der Waals surface area contributed by atoms with E-state index in [0.717, 1.165) is 30.8 Å². The van der Waals surface area contributed by atoms with Crippen molar-refractivity contribution in [1.29, 1.82) is 0 Å². The van der Waals surface area contributed by atoms with E-state index in [-0.39, 0.29) is 6.03 Å². The number of methoxy groups -OCH3 is 1. The molecular weight excluding hydrogens is 312 g/mol. The smallest absolute Gasteiger partial charge is 0.321 e. The van der Waals surface area contributed by atoms with Gasteiger partial charge < -0.3 is 15.0 Å². The molecule has 1 aliphatic heterocycles. The third kappa shape index (κ3) is 5.95. The quantitative estimate of drug-likeness (QED) is 0.868. The zero-order valence-electron chi connectivity index (χ0n) is 13.9.